The van der Waals surface area contributed by atoms with Crippen molar-refractivity contribution in [2.24, 2.45) is 5.73 Å². The Hall–Kier alpha value is -1.07. The van der Waals surface area contributed by atoms with Crippen molar-refractivity contribution in [1.82, 2.24) is 5.32 Å². The molecule has 20 heavy (non-hydrogen) atoms. The highest BCUT2D eigenvalue weighted by Gasteiger charge is 2.11. The minimum atomic E-state index is -0.0146. The van der Waals surface area contributed by atoms with Crippen LogP contribution in [0, 0.1) is 0 Å². The minimum absolute atomic E-state index is 0.0146. The first-order valence-corrected chi connectivity index (χ1v) is 7.70. The third-order valence-electron chi connectivity index (χ3n) is 3.16. The van der Waals surface area contributed by atoms with Gasteiger partial charge >= 0.3 is 0 Å². The first-order valence-electron chi connectivity index (χ1n) is 6.91. The van der Waals surface area contributed by atoms with Crippen LogP contribution in [0.5, 0.6) is 5.75 Å². The third-order valence-corrected chi connectivity index (χ3v) is 3.78. The Morgan fingerprint density at radius 2 is 2.15 bits per heavy atom. The topological polar surface area (TPSA) is 64.3 Å². The molecular weight excluding hydrogens is 320 g/mol. The highest BCUT2D eigenvalue weighted by atomic mass is 79.9. The molecule has 0 saturated heterocycles. The molecule has 1 atom stereocenters. The molecule has 3 N–H and O–H groups in total. The number of hydrogen-bond acceptors (Lipinski definition) is 3. The standard InChI is InChI=1S/C15H23BrN2O2/c1-11(18-15(19)6-4-3-5-9-17)12-7-8-14(20-2)13(16)10-12/h7-8,10-11H,3-6,9,17H2,1-2H3,(H,18,19). The zero-order chi connectivity index (χ0) is 15.0. The number of unbranched alkanes of at least 4 members (excludes halogenated alkanes) is 2. The summed E-state index contributed by atoms with van der Waals surface area (Å²) in [7, 11) is 1.63. The average molecular weight is 343 g/mol. The fourth-order valence-corrected chi connectivity index (χ4v) is 2.51. The lowest BCUT2D eigenvalue weighted by Gasteiger charge is -2.15. The predicted octanol–water partition coefficient (Wildman–Crippen LogP) is 3.15. The van der Waals surface area contributed by atoms with Crippen molar-refractivity contribution >= 4 is 21.8 Å². The molecule has 1 rings (SSSR count). The average Bonchev–Trinajstić information content (AvgIpc) is 2.43. The number of ether oxygens (including phenoxy) is 1. The van der Waals surface area contributed by atoms with Gasteiger partial charge in [0.2, 0.25) is 5.91 Å². The molecular formula is C15H23BrN2O2. The van der Waals surface area contributed by atoms with Gasteiger partial charge in [-0.05, 0) is 59.9 Å². The highest BCUT2D eigenvalue weighted by Crippen LogP contribution is 2.27. The zero-order valence-corrected chi connectivity index (χ0v) is 13.7. The van der Waals surface area contributed by atoms with Gasteiger partial charge in [0.15, 0.2) is 0 Å². The van der Waals surface area contributed by atoms with Crippen molar-refractivity contribution in [2.75, 3.05) is 13.7 Å². The van der Waals surface area contributed by atoms with Crippen LogP contribution in [-0.2, 0) is 4.79 Å². The summed E-state index contributed by atoms with van der Waals surface area (Å²) >= 11 is 3.45. The lowest BCUT2D eigenvalue weighted by molar-refractivity contribution is -0.121. The molecule has 4 nitrogen and oxygen atoms in total. The molecule has 0 spiro atoms. The summed E-state index contributed by atoms with van der Waals surface area (Å²) < 4.78 is 6.08. The van der Waals surface area contributed by atoms with Crippen LogP contribution in [0.15, 0.2) is 22.7 Å². The number of amides is 1. The minimum Gasteiger partial charge on any atom is -0.496 e. The maximum Gasteiger partial charge on any atom is 0.220 e. The van der Waals surface area contributed by atoms with Gasteiger partial charge in [-0.3, -0.25) is 4.79 Å². The van der Waals surface area contributed by atoms with Crippen molar-refractivity contribution < 1.29 is 9.53 Å². The van der Waals surface area contributed by atoms with Crippen molar-refractivity contribution in [2.45, 2.75) is 38.6 Å². The van der Waals surface area contributed by atoms with E-state index >= 15 is 0 Å². The lowest BCUT2D eigenvalue weighted by Crippen LogP contribution is -2.26. The van der Waals surface area contributed by atoms with E-state index in [2.05, 4.69) is 21.2 Å². The number of carbonyl (C=O) groups excluding carboxylic acids is 1. The summed E-state index contributed by atoms with van der Waals surface area (Å²) in [6.45, 7) is 2.67. The maximum absolute atomic E-state index is 11.8. The summed E-state index contributed by atoms with van der Waals surface area (Å²) in [6, 6.07) is 5.81. The van der Waals surface area contributed by atoms with Gasteiger partial charge in [-0.1, -0.05) is 12.5 Å². The van der Waals surface area contributed by atoms with E-state index < -0.39 is 0 Å². The van der Waals surface area contributed by atoms with Crippen molar-refractivity contribution in [3.05, 3.63) is 28.2 Å². The summed E-state index contributed by atoms with van der Waals surface area (Å²) in [4.78, 5) is 11.8. The van der Waals surface area contributed by atoms with Crippen LogP contribution >= 0.6 is 15.9 Å². The monoisotopic (exact) mass is 342 g/mol. The quantitative estimate of drug-likeness (QED) is 0.713. The molecule has 1 unspecified atom stereocenters. The molecule has 0 fully saturated rings. The molecule has 0 aliphatic heterocycles. The van der Waals surface area contributed by atoms with Gasteiger partial charge < -0.3 is 15.8 Å². The Balaban J connectivity index is 2.47. The smallest absolute Gasteiger partial charge is 0.220 e. The van der Waals surface area contributed by atoms with E-state index in [1.807, 2.05) is 25.1 Å². The SMILES string of the molecule is COc1ccc(C(C)NC(=O)CCCCCN)cc1Br. The number of hydrogen-bond donors (Lipinski definition) is 2. The van der Waals surface area contributed by atoms with E-state index in [9.17, 15) is 4.79 Å². The lowest BCUT2D eigenvalue weighted by atomic mass is 10.1. The molecule has 0 bridgehead atoms. The molecule has 1 aromatic carbocycles. The molecule has 0 aliphatic rings. The molecule has 112 valence electrons. The number of carbonyl (C=O) groups is 1. The van der Waals surface area contributed by atoms with E-state index in [1.54, 1.807) is 7.11 Å². The van der Waals surface area contributed by atoms with Gasteiger partial charge in [0.1, 0.15) is 5.75 Å². The second-order valence-electron chi connectivity index (χ2n) is 4.78. The van der Waals surface area contributed by atoms with Crippen LogP contribution in [-0.4, -0.2) is 19.6 Å². The normalized spacial score (nSPS) is 12.0. The molecule has 0 aliphatic carbocycles. The summed E-state index contributed by atoms with van der Waals surface area (Å²) in [5.74, 6) is 0.871. The molecule has 5 heteroatoms. The summed E-state index contributed by atoms with van der Waals surface area (Å²) in [5.41, 5.74) is 6.47. The Morgan fingerprint density at radius 3 is 2.75 bits per heavy atom. The van der Waals surface area contributed by atoms with Crippen molar-refractivity contribution in [1.29, 1.82) is 0 Å². The second kappa shape index (κ2) is 8.97. The number of halogens is 1. The van der Waals surface area contributed by atoms with E-state index in [1.165, 1.54) is 0 Å². The number of benzene rings is 1. The Bertz CT molecular complexity index is 438. The van der Waals surface area contributed by atoms with Crippen LogP contribution < -0.4 is 15.8 Å². The predicted molar refractivity (Wildman–Crippen MR) is 84.8 cm³/mol. The molecule has 0 saturated carbocycles. The number of nitrogens with one attached hydrogen (secondary N) is 1. The van der Waals surface area contributed by atoms with Crippen LogP contribution in [0.3, 0.4) is 0 Å². The first-order chi connectivity index (χ1) is 9.58. The van der Waals surface area contributed by atoms with Gasteiger partial charge in [0, 0.05) is 6.42 Å². The van der Waals surface area contributed by atoms with Crippen molar-refractivity contribution in [3.63, 3.8) is 0 Å². The Kier molecular flexibility index (Phi) is 7.62. The zero-order valence-electron chi connectivity index (χ0n) is 12.1. The van der Waals surface area contributed by atoms with Crippen molar-refractivity contribution in [3.8, 4) is 5.75 Å². The summed E-state index contributed by atoms with van der Waals surface area (Å²) in [6.07, 6.45) is 3.43. The van der Waals surface area contributed by atoms with Gasteiger partial charge in [-0.25, -0.2) is 0 Å². The van der Waals surface area contributed by atoms with Crippen LogP contribution in [0.1, 0.15) is 44.2 Å². The Labute approximate surface area is 129 Å². The van der Waals surface area contributed by atoms with E-state index in [4.69, 9.17) is 10.5 Å². The fraction of sp³-hybridized carbons (Fsp3) is 0.533. The fourth-order valence-electron chi connectivity index (χ4n) is 1.96. The highest BCUT2D eigenvalue weighted by molar-refractivity contribution is 9.10. The largest absolute Gasteiger partial charge is 0.496 e. The van der Waals surface area contributed by atoms with Gasteiger partial charge in [0.05, 0.1) is 17.6 Å². The molecule has 1 amide bonds. The van der Waals surface area contributed by atoms with Crippen LogP contribution in [0.2, 0.25) is 0 Å². The van der Waals surface area contributed by atoms with Gasteiger partial charge in [0.25, 0.3) is 0 Å². The van der Waals surface area contributed by atoms with E-state index in [-0.39, 0.29) is 11.9 Å². The van der Waals surface area contributed by atoms with E-state index in [0.29, 0.717) is 13.0 Å². The molecule has 1 aromatic rings. The van der Waals surface area contributed by atoms with Crippen LogP contribution in [0.25, 0.3) is 0 Å². The van der Waals surface area contributed by atoms with E-state index in [0.717, 1.165) is 35.0 Å². The molecule has 0 aromatic heterocycles. The first kappa shape index (κ1) is 17.0. The number of methoxy groups -OCH3 is 1. The van der Waals surface area contributed by atoms with Gasteiger partial charge in [-0.2, -0.15) is 0 Å². The third kappa shape index (κ3) is 5.51. The summed E-state index contributed by atoms with van der Waals surface area (Å²) in [5, 5.41) is 3.01. The van der Waals surface area contributed by atoms with Crippen LogP contribution in [0.4, 0.5) is 0 Å². The molecule has 0 radical (unpaired) electrons. The molecule has 0 heterocycles. The van der Waals surface area contributed by atoms with Gasteiger partial charge in [-0.15, -0.1) is 0 Å². The number of rotatable bonds is 8. The Morgan fingerprint density at radius 1 is 1.40 bits per heavy atom. The number of nitrogens with two attached hydrogens (primary N) is 1. The second-order valence-corrected chi connectivity index (χ2v) is 5.64. The maximum atomic E-state index is 11.8.